The molecule has 0 aliphatic rings. The topological polar surface area (TPSA) is 63.4 Å². The van der Waals surface area contributed by atoms with Gasteiger partial charge >= 0.3 is 0 Å². The third kappa shape index (κ3) is 3.34. The van der Waals surface area contributed by atoms with Crippen LogP contribution in [0.3, 0.4) is 0 Å². The standard InChI is InChI=1S/C7H9ClN2O2S.ClH/c1-13(11,12)7-4-2-6(3-5-7)10(8)9;/h2-5H,9H2,1H3;1H. The van der Waals surface area contributed by atoms with Crippen LogP contribution in [-0.4, -0.2) is 14.7 Å². The quantitative estimate of drug-likeness (QED) is 0.493. The zero-order valence-corrected chi connectivity index (χ0v) is 9.73. The van der Waals surface area contributed by atoms with Crippen molar-refractivity contribution in [1.82, 2.24) is 0 Å². The second kappa shape index (κ2) is 4.84. The van der Waals surface area contributed by atoms with E-state index in [1.54, 1.807) is 0 Å². The van der Waals surface area contributed by atoms with Crippen molar-refractivity contribution in [3.63, 3.8) is 0 Å². The van der Waals surface area contributed by atoms with E-state index in [4.69, 9.17) is 17.6 Å². The van der Waals surface area contributed by atoms with Gasteiger partial charge in [0.2, 0.25) is 0 Å². The molecule has 80 valence electrons. The van der Waals surface area contributed by atoms with Gasteiger partial charge in [-0.05, 0) is 24.3 Å². The van der Waals surface area contributed by atoms with Crippen molar-refractivity contribution >= 4 is 39.7 Å². The summed E-state index contributed by atoms with van der Waals surface area (Å²) in [6.07, 6.45) is 1.14. The summed E-state index contributed by atoms with van der Waals surface area (Å²) in [4.78, 5) is 0.245. The van der Waals surface area contributed by atoms with Crippen LogP contribution in [0.1, 0.15) is 0 Å². The van der Waals surface area contributed by atoms with E-state index in [1.165, 1.54) is 24.3 Å². The third-order valence-corrected chi connectivity index (χ3v) is 2.84. The first kappa shape index (κ1) is 13.5. The van der Waals surface area contributed by atoms with Gasteiger partial charge in [0, 0.05) is 18.0 Å². The van der Waals surface area contributed by atoms with Gasteiger partial charge in [0.25, 0.3) is 0 Å². The SMILES string of the molecule is CS(=O)(=O)c1ccc(N(N)Cl)cc1.Cl. The number of nitrogens with two attached hydrogens (primary N) is 1. The molecule has 7 heteroatoms. The molecule has 2 N–H and O–H groups in total. The molecule has 0 bridgehead atoms. The Kier molecular flexibility index (Phi) is 4.67. The number of halogens is 2. The largest absolute Gasteiger partial charge is 0.232 e. The van der Waals surface area contributed by atoms with Crippen LogP contribution in [0.5, 0.6) is 0 Å². The summed E-state index contributed by atoms with van der Waals surface area (Å²) < 4.78 is 23.0. The third-order valence-electron chi connectivity index (χ3n) is 1.51. The summed E-state index contributed by atoms with van der Waals surface area (Å²) in [5, 5.41) is 0. The number of anilines is 1. The second-order valence-electron chi connectivity index (χ2n) is 2.58. The highest BCUT2D eigenvalue weighted by molar-refractivity contribution is 7.90. The Balaban J connectivity index is 0.00000169. The van der Waals surface area contributed by atoms with Crippen LogP contribution in [0.2, 0.25) is 0 Å². The minimum absolute atomic E-state index is 0. The molecule has 0 spiro atoms. The predicted molar refractivity (Wildman–Crippen MR) is 59.3 cm³/mol. The van der Waals surface area contributed by atoms with Gasteiger partial charge in [-0.1, -0.05) is 0 Å². The lowest BCUT2D eigenvalue weighted by atomic mass is 10.3. The van der Waals surface area contributed by atoms with Crippen molar-refractivity contribution in [3.8, 4) is 0 Å². The fourth-order valence-corrected chi connectivity index (χ4v) is 1.58. The van der Waals surface area contributed by atoms with E-state index in [1.807, 2.05) is 0 Å². The van der Waals surface area contributed by atoms with Crippen LogP contribution in [0.4, 0.5) is 5.69 Å². The van der Waals surface area contributed by atoms with Gasteiger partial charge in [-0.25, -0.2) is 18.8 Å². The number of nitrogens with zero attached hydrogens (tertiary/aromatic N) is 1. The molecular weight excluding hydrogens is 247 g/mol. The number of benzene rings is 1. The van der Waals surface area contributed by atoms with Crippen LogP contribution in [0, 0.1) is 0 Å². The fourth-order valence-electron chi connectivity index (χ4n) is 0.836. The number of hydrazine groups is 1. The first-order valence-corrected chi connectivity index (χ1v) is 5.65. The number of rotatable bonds is 2. The second-order valence-corrected chi connectivity index (χ2v) is 4.96. The average molecular weight is 257 g/mol. The van der Waals surface area contributed by atoms with Crippen molar-refractivity contribution < 1.29 is 8.42 Å². The monoisotopic (exact) mass is 256 g/mol. The lowest BCUT2D eigenvalue weighted by Crippen LogP contribution is -2.18. The highest BCUT2D eigenvalue weighted by atomic mass is 35.5. The Bertz CT molecular complexity index is 389. The molecule has 0 aliphatic heterocycles. The molecule has 0 fully saturated rings. The van der Waals surface area contributed by atoms with E-state index in [2.05, 4.69) is 0 Å². The molecule has 0 amide bonds. The molecule has 4 nitrogen and oxygen atoms in total. The molecule has 0 unspecified atom stereocenters. The van der Waals surface area contributed by atoms with E-state index in [0.717, 1.165) is 10.8 Å². The molecular formula is C7H10Cl2N2O2S. The maximum absolute atomic E-state index is 11.0. The smallest absolute Gasteiger partial charge is 0.175 e. The van der Waals surface area contributed by atoms with Crippen LogP contribution >= 0.6 is 24.2 Å². The predicted octanol–water partition coefficient (Wildman–Crippen LogP) is 1.35. The summed E-state index contributed by atoms with van der Waals surface area (Å²) in [5.74, 6) is 5.22. The van der Waals surface area contributed by atoms with Gasteiger partial charge in [0.1, 0.15) is 0 Å². The normalized spacial score (nSPS) is 10.5. The fraction of sp³-hybridized carbons (Fsp3) is 0.143. The summed E-state index contributed by atoms with van der Waals surface area (Å²) >= 11 is 5.43. The van der Waals surface area contributed by atoms with Crippen molar-refractivity contribution in [1.29, 1.82) is 0 Å². The number of sulfone groups is 1. The molecule has 0 atom stereocenters. The Hall–Kier alpha value is -0.490. The Morgan fingerprint density at radius 1 is 1.29 bits per heavy atom. The minimum Gasteiger partial charge on any atom is -0.232 e. The van der Waals surface area contributed by atoms with E-state index >= 15 is 0 Å². The maximum Gasteiger partial charge on any atom is 0.175 e. The first-order chi connectivity index (χ1) is 5.91. The highest BCUT2D eigenvalue weighted by Gasteiger charge is 2.06. The molecule has 14 heavy (non-hydrogen) atoms. The molecule has 0 radical (unpaired) electrons. The minimum atomic E-state index is -3.15. The van der Waals surface area contributed by atoms with Gasteiger partial charge in [0.15, 0.2) is 9.84 Å². The van der Waals surface area contributed by atoms with Crippen LogP contribution in [0.15, 0.2) is 29.2 Å². The number of hydrogen-bond acceptors (Lipinski definition) is 4. The summed E-state index contributed by atoms with van der Waals surface area (Å²) in [7, 11) is -3.15. The zero-order chi connectivity index (χ0) is 10.1. The lowest BCUT2D eigenvalue weighted by Gasteiger charge is -2.07. The summed E-state index contributed by atoms with van der Waals surface area (Å²) in [6, 6.07) is 5.96. The van der Waals surface area contributed by atoms with Crippen molar-refractivity contribution in [2.45, 2.75) is 4.90 Å². The number of hydrogen-bond donors (Lipinski definition) is 1. The maximum atomic E-state index is 11.0. The summed E-state index contributed by atoms with van der Waals surface area (Å²) in [5.41, 5.74) is 0.536. The lowest BCUT2D eigenvalue weighted by molar-refractivity contribution is 0.602. The van der Waals surface area contributed by atoms with Gasteiger partial charge in [0.05, 0.1) is 10.6 Å². The van der Waals surface area contributed by atoms with Crippen molar-refractivity contribution in [2.75, 3.05) is 10.8 Å². The molecule has 0 heterocycles. The van der Waals surface area contributed by atoms with Gasteiger partial charge < -0.3 is 0 Å². The van der Waals surface area contributed by atoms with E-state index in [0.29, 0.717) is 5.69 Å². The van der Waals surface area contributed by atoms with Gasteiger partial charge in [-0.2, -0.15) is 0 Å². The molecule has 1 aromatic rings. The van der Waals surface area contributed by atoms with E-state index in [9.17, 15) is 8.42 Å². The van der Waals surface area contributed by atoms with Crippen molar-refractivity contribution in [3.05, 3.63) is 24.3 Å². The zero-order valence-electron chi connectivity index (χ0n) is 7.34. The Morgan fingerprint density at radius 3 is 2.00 bits per heavy atom. The van der Waals surface area contributed by atoms with Crippen LogP contribution in [0.25, 0.3) is 0 Å². The molecule has 1 rings (SSSR count). The molecule has 0 saturated carbocycles. The molecule has 0 aliphatic carbocycles. The molecule has 0 aromatic heterocycles. The average Bonchev–Trinajstić information content (AvgIpc) is 2.03. The first-order valence-electron chi connectivity index (χ1n) is 3.42. The van der Waals surface area contributed by atoms with Crippen LogP contribution < -0.4 is 10.4 Å². The molecule has 0 saturated heterocycles. The van der Waals surface area contributed by atoms with Gasteiger partial charge in [-0.15, -0.1) is 12.4 Å². The van der Waals surface area contributed by atoms with Crippen molar-refractivity contribution in [2.24, 2.45) is 5.84 Å². The summed E-state index contributed by atoms with van der Waals surface area (Å²) in [6.45, 7) is 0. The Morgan fingerprint density at radius 2 is 1.71 bits per heavy atom. The van der Waals surface area contributed by atoms with Crippen LogP contribution in [-0.2, 0) is 9.84 Å². The highest BCUT2D eigenvalue weighted by Crippen LogP contribution is 2.16. The molecule has 1 aromatic carbocycles. The van der Waals surface area contributed by atoms with E-state index in [-0.39, 0.29) is 17.3 Å². The van der Waals surface area contributed by atoms with Gasteiger partial charge in [-0.3, -0.25) is 0 Å². The Labute approximate surface area is 94.1 Å². The van der Waals surface area contributed by atoms with E-state index < -0.39 is 9.84 Å².